The van der Waals surface area contributed by atoms with Crippen molar-refractivity contribution in [2.45, 2.75) is 65.5 Å². The van der Waals surface area contributed by atoms with E-state index in [1.807, 2.05) is 13.8 Å². The third-order valence-electron chi connectivity index (χ3n) is 6.12. The molecule has 2 fully saturated rings. The van der Waals surface area contributed by atoms with Gasteiger partial charge in [-0.15, -0.1) is 0 Å². The van der Waals surface area contributed by atoms with Gasteiger partial charge in [0, 0.05) is 31.6 Å². The van der Waals surface area contributed by atoms with Gasteiger partial charge in [0.05, 0.1) is 5.69 Å². The molecule has 0 spiro atoms. The summed E-state index contributed by atoms with van der Waals surface area (Å²) >= 11 is 0. The molecule has 1 aromatic carbocycles. The van der Waals surface area contributed by atoms with Gasteiger partial charge in [0.15, 0.2) is 0 Å². The van der Waals surface area contributed by atoms with Crippen molar-refractivity contribution in [3.05, 3.63) is 29.1 Å². The minimum absolute atomic E-state index is 0.211. The molecule has 0 radical (unpaired) electrons. The number of benzene rings is 1. The van der Waals surface area contributed by atoms with Crippen molar-refractivity contribution in [2.24, 2.45) is 5.92 Å². The molecule has 6 nitrogen and oxygen atoms in total. The van der Waals surface area contributed by atoms with Gasteiger partial charge in [0.1, 0.15) is 11.9 Å². The van der Waals surface area contributed by atoms with Crippen LogP contribution in [-0.2, 0) is 16.1 Å². The first-order chi connectivity index (χ1) is 14.0. The molecule has 0 saturated carbocycles. The molecule has 1 N–H and O–H groups in total. The molecule has 158 valence electrons. The highest BCUT2D eigenvalue weighted by atomic mass is 19.1. The van der Waals surface area contributed by atoms with Crippen LogP contribution in [0.15, 0.2) is 12.1 Å². The summed E-state index contributed by atoms with van der Waals surface area (Å²) in [4.78, 5) is 39.7. The summed E-state index contributed by atoms with van der Waals surface area (Å²) in [5.74, 6) is -0.792. The lowest BCUT2D eigenvalue weighted by Crippen LogP contribution is -2.52. The van der Waals surface area contributed by atoms with Crippen molar-refractivity contribution < 1.29 is 18.8 Å². The first kappa shape index (κ1) is 21.3. The van der Waals surface area contributed by atoms with E-state index in [-0.39, 0.29) is 30.6 Å². The van der Waals surface area contributed by atoms with E-state index in [0.717, 1.165) is 37.9 Å². The standard InChI is InChI=1S/C20H24FN3O3.C2H6/c1-2-12-5-7-23(8-6-12)17-9-13-11-24(20(27)14(13)10-15(17)21)16-3-4-18(25)22-19(16)26;1-2/h9-10,12,16H,2-8,11H2,1H3,(H,22,25,26);1-2H3. The van der Waals surface area contributed by atoms with Crippen LogP contribution in [0.1, 0.15) is 68.8 Å². The number of carbonyl (C=O) groups excluding carboxylic acids is 3. The van der Waals surface area contributed by atoms with E-state index >= 15 is 0 Å². The number of carbonyl (C=O) groups is 3. The Labute approximate surface area is 171 Å². The summed E-state index contributed by atoms with van der Waals surface area (Å²) in [6.45, 7) is 8.10. The second kappa shape index (κ2) is 8.93. The second-order valence-electron chi connectivity index (χ2n) is 7.70. The number of imide groups is 1. The lowest BCUT2D eigenvalue weighted by Gasteiger charge is -2.33. The van der Waals surface area contributed by atoms with Gasteiger partial charge in [-0.1, -0.05) is 27.2 Å². The molecule has 0 aliphatic carbocycles. The Kier molecular flexibility index (Phi) is 6.55. The van der Waals surface area contributed by atoms with E-state index in [9.17, 15) is 18.8 Å². The largest absolute Gasteiger partial charge is 0.369 e. The van der Waals surface area contributed by atoms with E-state index in [2.05, 4.69) is 17.1 Å². The van der Waals surface area contributed by atoms with E-state index in [1.54, 1.807) is 6.07 Å². The first-order valence-electron chi connectivity index (χ1n) is 10.7. The van der Waals surface area contributed by atoms with Crippen LogP contribution < -0.4 is 10.2 Å². The van der Waals surface area contributed by atoms with E-state index < -0.39 is 11.9 Å². The lowest BCUT2D eigenvalue weighted by atomic mass is 9.94. The van der Waals surface area contributed by atoms with E-state index in [4.69, 9.17) is 0 Å². The van der Waals surface area contributed by atoms with Crippen LogP contribution in [0.4, 0.5) is 10.1 Å². The monoisotopic (exact) mass is 403 g/mol. The fourth-order valence-electron chi connectivity index (χ4n) is 4.40. The Balaban J connectivity index is 0.00000117. The number of piperidine rings is 2. The average molecular weight is 403 g/mol. The van der Waals surface area contributed by atoms with Gasteiger partial charge in [-0.05, 0) is 42.9 Å². The van der Waals surface area contributed by atoms with Crippen molar-refractivity contribution in [3.63, 3.8) is 0 Å². The van der Waals surface area contributed by atoms with E-state index in [1.165, 1.54) is 11.0 Å². The minimum atomic E-state index is -0.672. The van der Waals surface area contributed by atoms with Gasteiger partial charge in [0.2, 0.25) is 11.8 Å². The Morgan fingerprint density at radius 2 is 1.79 bits per heavy atom. The molecular formula is C22H30FN3O3. The number of anilines is 1. The zero-order chi connectivity index (χ0) is 21.1. The summed E-state index contributed by atoms with van der Waals surface area (Å²) in [6, 6.07) is 2.40. The van der Waals surface area contributed by atoms with Crippen LogP contribution >= 0.6 is 0 Å². The maximum Gasteiger partial charge on any atom is 0.255 e. The number of hydrogen-bond donors (Lipinski definition) is 1. The molecule has 1 aromatic rings. The van der Waals surface area contributed by atoms with Crippen LogP contribution in [0.5, 0.6) is 0 Å². The average Bonchev–Trinajstić information content (AvgIpc) is 3.04. The zero-order valence-corrected chi connectivity index (χ0v) is 17.5. The first-order valence-corrected chi connectivity index (χ1v) is 10.7. The normalized spacial score (nSPS) is 22.2. The lowest BCUT2D eigenvalue weighted by molar-refractivity contribution is -0.136. The van der Waals surface area contributed by atoms with Gasteiger partial charge in [-0.25, -0.2) is 4.39 Å². The van der Waals surface area contributed by atoms with Crippen molar-refractivity contribution in [2.75, 3.05) is 18.0 Å². The van der Waals surface area contributed by atoms with Crippen molar-refractivity contribution in [1.29, 1.82) is 0 Å². The number of rotatable bonds is 3. The van der Waals surface area contributed by atoms with Gasteiger partial charge in [-0.2, -0.15) is 0 Å². The molecule has 0 bridgehead atoms. The molecule has 1 atom stereocenters. The summed E-state index contributed by atoms with van der Waals surface area (Å²) in [6.07, 6.45) is 3.77. The van der Waals surface area contributed by atoms with E-state index in [0.29, 0.717) is 23.6 Å². The third kappa shape index (κ3) is 4.14. The number of fused-ring (bicyclic) bond motifs is 1. The number of nitrogens with zero attached hydrogens (tertiary/aromatic N) is 2. The molecular weight excluding hydrogens is 373 g/mol. The molecule has 1 unspecified atom stereocenters. The van der Waals surface area contributed by atoms with Crippen molar-refractivity contribution in [1.82, 2.24) is 10.2 Å². The van der Waals surface area contributed by atoms with Crippen LogP contribution in [0.2, 0.25) is 0 Å². The molecule has 3 amide bonds. The predicted octanol–water partition coefficient (Wildman–Crippen LogP) is 3.24. The highest BCUT2D eigenvalue weighted by molar-refractivity contribution is 6.05. The van der Waals surface area contributed by atoms with Crippen LogP contribution in [0.3, 0.4) is 0 Å². The molecule has 3 heterocycles. The van der Waals surface area contributed by atoms with Crippen LogP contribution in [-0.4, -0.2) is 41.8 Å². The number of nitrogens with one attached hydrogen (secondary N) is 1. The third-order valence-corrected chi connectivity index (χ3v) is 6.12. The Morgan fingerprint density at radius 3 is 2.41 bits per heavy atom. The number of amides is 3. The Bertz CT molecular complexity index is 803. The SMILES string of the molecule is CC.CCC1CCN(c2cc3c(cc2F)C(=O)N(C2CCC(=O)NC2=O)C3)CC1. The van der Waals surface area contributed by atoms with Gasteiger partial charge in [-0.3, -0.25) is 19.7 Å². The molecule has 7 heteroatoms. The predicted molar refractivity (Wildman–Crippen MR) is 109 cm³/mol. The fourth-order valence-corrected chi connectivity index (χ4v) is 4.40. The van der Waals surface area contributed by atoms with Gasteiger partial charge in [0.25, 0.3) is 5.91 Å². The van der Waals surface area contributed by atoms with Crippen LogP contribution in [0.25, 0.3) is 0 Å². The number of hydrogen-bond acceptors (Lipinski definition) is 4. The Morgan fingerprint density at radius 1 is 1.10 bits per heavy atom. The smallest absolute Gasteiger partial charge is 0.255 e. The van der Waals surface area contributed by atoms with Crippen molar-refractivity contribution in [3.8, 4) is 0 Å². The van der Waals surface area contributed by atoms with Crippen molar-refractivity contribution >= 4 is 23.4 Å². The summed E-state index contributed by atoms with van der Waals surface area (Å²) in [5, 5.41) is 2.28. The summed E-state index contributed by atoms with van der Waals surface area (Å²) < 4.78 is 14.7. The van der Waals surface area contributed by atoms with Gasteiger partial charge >= 0.3 is 0 Å². The van der Waals surface area contributed by atoms with Gasteiger partial charge < -0.3 is 9.80 Å². The zero-order valence-electron chi connectivity index (χ0n) is 17.5. The molecule has 0 aromatic heterocycles. The number of halogens is 1. The summed E-state index contributed by atoms with van der Waals surface area (Å²) in [5.41, 5.74) is 1.62. The second-order valence-corrected chi connectivity index (χ2v) is 7.70. The highest BCUT2D eigenvalue weighted by Gasteiger charge is 2.39. The molecule has 3 aliphatic rings. The molecule has 3 aliphatic heterocycles. The minimum Gasteiger partial charge on any atom is -0.369 e. The van der Waals surface area contributed by atoms with Crippen LogP contribution in [0, 0.1) is 11.7 Å². The molecule has 4 rings (SSSR count). The fraction of sp³-hybridized carbons (Fsp3) is 0.591. The molecule has 29 heavy (non-hydrogen) atoms. The molecule has 2 saturated heterocycles. The Hall–Kier alpha value is -2.44. The topological polar surface area (TPSA) is 69.7 Å². The quantitative estimate of drug-likeness (QED) is 0.787. The maximum atomic E-state index is 14.7. The highest BCUT2D eigenvalue weighted by Crippen LogP contribution is 2.34. The summed E-state index contributed by atoms with van der Waals surface area (Å²) in [7, 11) is 0. The maximum absolute atomic E-state index is 14.7.